The molecule has 0 rings (SSSR count). The summed E-state index contributed by atoms with van der Waals surface area (Å²) in [6.07, 6.45) is 0. The molecule has 0 aromatic heterocycles. The Morgan fingerprint density at radius 1 is 1.00 bits per heavy atom. The highest BCUT2D eigenvalue weighted by molar-refractivity contribution is 4.20. The lowest BCUT2D eigenvalue weighted by Gasteiger charge is -1.79. The highest BCUT2D eigenvalue weighted by Gasteiger charge is 1.68. The summed E-state index contributed by atoms with van der Waals surface area (Å²) >= 11 is 0. The number of hydrogen-bond acceptors (Lipinski definition) is 1. The maximum atomic E-state index is 2.75. The summed E-state index contributed by atoms with van der Waals surface area (Å²) in [5.74, 6) is 0.833. The van der Waals surface area contributed by atoms with Crippen LogP contribution in [-0.4, -0.2) is 14.1 Å². The lowest BCUT2D eigenvalue weighted by Crippen LogP contribution is -1.89. The summed E-state index contributed by atoms with van der Waals surface area (Å²) in [5.41, 5.74) is 0. The summed E-state index contributed by atoms with van der Waals surface area (Å²) in [7, 11) is 3.75. The zero-order chi connectivity index (χ0) is 6.28. The van der Waals surface area contributed by atoms with Crippen LogP contribution in [-0.2, 0) is 0 Å². The Bertz CT molecular complexity index is 15.4. The molecule has 0 saturated carbocycles. The van der Waals surface area contributed by atoms with Crippen LogP contribution in [0.5, 0.6) is 0 Å². The monoisotopic (exact) mass is 103 g/mol. The van der Waals surface area contributed by atoms with E-state index in [1.54, 1.807) is 0 Å². The fraction of sp³-hybridized carbons (Fsp3) is 1.00. The zero-order valence-corrected chi connectivity index (χ0v) is 6.08. The molecule has 1 nitrogen and oxygen atoms in total. The molecule has 46 valence electrons. The van der Waals surface area contributed by atoms with E-state index in [4.69, 9.17) is 0 Å². The molecule has 0 unspecified atom stereocenters. The minimum atomic E-state index is 0.833. The molecule has 7 heavy (non-hydrogen) atoms. The molecular formula is C6H17N. The lowest BCUT2D eigenvalue weighted by molar-refractivity contribution is 0.737. The number of nitrogens with one attached hydrogen (secondary N) is 1. The van der Waals surface area contributed by atoms with Gasteiger partial charge in [-0.15, -0.1) is 0 Å². The molecule has 0 fully saturated rings. The molecule has 0 aromatic rings. The van der Waals surface area contributed by atoms with Gasteiger partial charge in [0.1, 0.15) is 0 Å². The van der Waals surface area contributed by atoms with Crippen LogP contribution in [0.2, 0.25) is 0 Å². The van der Waals surface area contributed by atoms with E-state index in [9.17, 15) is 0 Å². The average molecular weight is 103 g/mol. The topological polar surface area (TPSA) is 12.0 Å². The summed E-state index contributed by atoms with van der Waals surface area (Å²) in [6.45, 7) is 6.50. The fourth-order valence-corrected chi connectivity index (χ4v) is 0. The average Bonchev–Trinajstić information content (AvgIpc) is 1.33. The van der Waals surface area contributed by atoms with Gasteiger partial charge in [0.15, 0.2) is 0 Å². The smallest absolute Gasteiger partial charge is 0.0167 e. The molecule has 0 spiro atoms. The zero-order valence-electron chi connectivity index (χ0n) is 6.08. The van der Waals surface area contributed by atoms with E-state index in [1.165, 1.54) is 0 Å². The van der Waals surface area contributed by atoms with E-state index in [0.717, 1.165) is 5.92 Å². The van der Waals surface area contributed by atoms with Crippen molar-refractivity contribution in [2.24, 2.45) is 5.92 Å². The second kappa shape index (κ2) is 9.35. The van der Waals surface area contributed by atoms with E-state index in [1.807, 2.05) is 14.1 Å². The third-order valence-electron chi connectivity index (χ3n) is 0. The molecule has 0 bridgehead atoms. The Morgan fingerprint density at radius 2 is 1.00 bits per heavy atom. The van der Waals surface area contributed by atoms with Gasteiger partial charge in [0, 0.05) is 0 Å². The van der Waals surface area contributed by atoms with Gasteiger partial charge in [0.05, 0.1) is 0 Å². The molecular weight excluding hydrogens is 86.1 g/mol. The van der Waals surface area contributed by atoms with Crippen molar-refractivity contribution in [1.82, 2.24) is 5.32 Å². The van der Waals surface area contributed by atoms with E-state index in [-0.39, 0.29) is 0 Å². The molecule has 1 heteroatoms. The first kappa shape index (κ1) is 10.0. The molecule has 0 radical (unpaired) electrons. The van der Waals surface area contributed by atoms with Gasteiger partial charge in [0.25, 0.3) is 0 Å². The van der Waals surface area contributed by atoms with Gasteiger partial charge in [-0.05, 0) is 20.0 Å². The quantitative estimate of drug-likeness (QED) is 0.490. The molecule has 0 saturated heterocycles. The summed E-state index contributed by atoms with van der Waals surface area (Å²) in [4.78, 5) is 0. The summed E-state index contributed by atoms with van der Waals surface area (Å²) in [6, 6.07) is 0. The standard InChI is InChI=1S/C4H10.C2H7N/c1-4(2)3;1-3-2/h4H,1-3H3;3H,1-2H3. The van der Waals surface area contributed by atoms with Crippen molar-refractivity contribution in [3.05, 3.63) is 0 Å². The Labute approximate surface area is 47.1 Å². The predicted octanol–water partition coefficient (Wildman–Crippen LogP) is 1.50. The van der Waals surface area contributed by atoms with Crippen molar-refractivity contribution in [3.63, 3.8) is 0 Å². The fourth-order valence-electron chi connectivity index (χ4n) is 0. The van der Waals surface area contributed by atoms with Crippen molar-refractivity contribution in [3.8, 4) is 0 Å². The van der Waals surface area contributed by atoms with Crippen LogP contribution in [0.15, 0.2) is 0 Å². The van der Waals surface area contributed by atoms with Crippen LogP contribution < -0.4 is 5.32 Å². The SMILES string of the molecule is CC(C)C.CNC. The summed E-state index contributed by atoms with van der Waals surface area (Å²) < 4.78 is 0. The first-order valence-electron chi connectivity index (χ1n) is 2.73. The molecule has 0 aliphatic carbocycles. The van der Waals surface area contributed by atoms with Crippen LogP contribution in [0, 0.1) is 5.92 Å². The molecule has 0 aliphatic rings. The Kier molecular flexibility index (Phi) is 13.4. The normalized spacial score (nSPS) is 7.71. The largest absolute Gasteiger partial charge is 0.323 e. The van der Waals surface area contributed by atoms with Crippen LogP contribution in [0.3, 0.4) is 0 Å². The highest BCUT2D eigenvalue weighted by atomic mass is 14.7. The third-order valence-corrected chi connectivity index (χ3v) is 0. The van der Waals surface area contributed by atoms with Gasteiger partial charge < -0.3 is 5.32 Å². The number of hydrogen-bond donors (Lipinski definition) is 1. The molecule has 0 heterocycles. The molecule has 0 aliphatic heterocycles. The van der Waals surface area contributed by atoms with Crippen molar-refractivity contribution in [2.45, 2.75) is 20.8 Å². The van der Waals surface area contributed by atoms with Crippen LogP contribution in [0.25, 0.3) is 0 Å². The first-order valence-corrected chi connectivity index (χ1v) is 2.73. The van der Waals surface area contributed by atoms with Crippen LogP contribution in [0.1, 0.15) is 20.8 Å². The minimum Gasteiger partial charge on any atom is -0.323 e. The highest BCUT2D eigenvalue weighted by Crippen LogP contribution is 1.81. The Morgan fingerprint density at radius 3 is 1.00 bits per heavy atom. The van der Waals surface area contributed by atoms with Gasteiger partial charge >= 0.3 is 0 Å². The number of rotatable bonds is 0. The second-order valence-electron chi connectivity index (χ2n) is 2.23. The van der Waals surface area contributed by atoms with E-state index in [0.29, 0.717) is 0 Å². The van der Waals surface area contributed by atoms with Gasteiger partial charge in [-0.2, -0.15) is 0 Å². The molecule has 0 aromatic carbocycles. The van der Waals surface area contributed by atoms with Gasteiger partial charge in [-0.1, -0.05) is 20.8 Å². The Balaban J connectivity index is 0. The molecule has 0 atom stereocenters. The van der Waals surface area contributed by atoms with Crippen LogP contribution in [0.4, 0.5) is 0 Å². The maximum absolute atomic E-state index is 2.75. The predicted molar refractivity (Wildman–Crippen MR) is 35.5 cm³/mol. The van der Waals surface area contributed by atoms with E-state index >= 15 is 0 Å². The Hall–Kier alpha value is -0.0400. The van der Waals surface area contributed by atoms with Crippen molar-refractivity contribution in [2.75, 3.05) is 14.1 Å². The third kappa shape index (κ3) is 58400. The van der Waals surface area contributed by atoms with E-state index in [2.05, 4.69) is 26.1 Å². The lowest BCUT2D eigenvalue weighted by atomic mass is 10.3. The van der Waals surface area contributed by atoms with Crippen molar-refractivity contribution >= 4 is 0 Å². The van der Waals surface area contributed by atoms with Crippen molar-refractivity contribution in [1.29, 1.82) is 0 Å². The minimum absolute atomic E-state index is 0.833. The maximum Gasteiger partial charge on any atom is -0.0167 e. The molecule has 1 N–H and O–H groups in total. The van der Waals surface area contributed by atoms with Crippen molar-refractivity contribution < 1.29 is 0 Å². The van der Waals surface area contributed by atoms with Gasteiger partial charge in [-0.3, -0.25) is 0 Å². The summed E-state index contributed by atoms with van der Waals surface area (Å²) in [5, 5.41) is 2.75. The first-order chi connectivity index (χ1) is 3.15. The molecule has 0 amide bonds. The van der Waals surface area contributed by atoms with Crippen LogP contribution >= 0.6 is 0 Å². The van der Waals surface area contributed by atoms with Gasteiger partial charge in [-0.25, -0.2) is 0 Å². The second-order valence-corrected chi connectivity index (χ2v) is 2.23. The van der Waals surface area contributed by atoms with Gasteiger partial charge in [0.2, 0.25) is 0 Å². The van der Waals surface area contributed by atoms with E-state index < -0.39 is 0 Å².